The lowest BCUT2D eigenvalue weighted by molar-refractivity contribution is 0.437. The van der Waals surface area contributed by atoms with Crippen LogP contribution in [-0.4, -0.2) is 42.7 Å². The molecule has 2 nitrogen and oxygen atoms in total. The Morgan fingerprint density at radius 2 is 1.43 bits per heavy atom. The van der Waals surface area contributed by atoms with Crippen molar-refractivity contribution < 1.29 is 4.57 Å². The van der Waals surface area contributed by atoms with Crippen molar-refractivity contribution in [2.45, 2.75) is 12.2 Å². The van der Waals surface area contributed by atoms with E-state index in [1.165, 1.54) is 0 Å². The first-order valence-corrected chi connectivity index (χ1v) is 10.9. The Hall–Kier alpha value is -1.02. The van der Waals surface area contributed by atoms with E-state index in [0.29, 0.717) is 11.4 Å². The standard InChI is InChI=1S/C19H26NOPS/c1-17(23-15-14-20(2)3)16-22(21,18-10-6-4-7-11-18)19-12-8-5-9-13-19/h4-13,17H,14-16H2,1-3H3. The van der Waals surface area contributed by atoms with E-state index in [1.807, 2.05) is 72.4 Å². The minimum Gasteiger partial charge on any atom is -0.314 e. The van der Waals surface area contributed by atoms with Gasteiger partial charge >= 0.3 is 0 Å². The SMILES string of the molecule is CC(CP(=O)(c1ccccc1)c1ccccc1)SCCN(C)C. The molecule has 0 fully saturated rings. The van der Waals surface area contributed by atoms with Crippen molar-refractivity contribution in [2.75, 3.05) is 32.6 Å². The maximum absolute atomic E-state index is 13.9. The summed E-state index contributed by atoms with van der Waals surface area (Å²) in [5.41, 5.74) is 0. The van der Waals surface area contributed by atoms with Gasteiger partial charge in [0, 0.05) is 34.3 Å². The molecule has 0 aromatic heterocycles. The van der Waals surface area contributed by atoms with E-state index in [9.17, 15) is 4.57 Å². The highest BCUT2D eigenvalue weighted by Gasteiger charge is 2.29. The molecule has 1 atom stereocenters. The van der Waals surface area contributed by atoms with Gasteiger partial charge in [-0.25, -0.2) is 0 Å². The van der Waals surface area contributed by atoms with Gasteiger partial charge in [-0.05, 0) is 14.1 Å². The van der Waals surface area contributed by atoms with Gasteiger partial charge in [0.2, 0.25) is 0 Å². The van der Waals surface area contributed by atoms with Crippen molar-refractivity contribution in [1.82, 2.24) is 4.90 Å². The van der Waals surface area contributed by atoms with E-state index in [2.05, 4.69) is 25.9 Å². The van der Waals surface area contributed by atoms with Crippen molar-refractivity contribution in [3.8, 4) is 0 Å². The number of hydrogen-bond acceptors (Lipinski definition) is 3. The average molecular weight is 347 g/mol. The molecule has 0 saturated heterocycles. The Labute approximate surface area is 144 Å². The highest BCUT2D eigenvalue weighted by atomic mass is 32.2. The third-order valence-corrected chi connectivity index (χ3v) is 8.53. The van der Waals surface area contributed by atoms with Gasteiger partial charge in [-0.1, -0.05) is 67.6 Å². The smallest absolute Gasteiger partial charge is 0.144 e. The first-order chi connectivity index (χ1) is 11.0. The Bertz CT molecular complexity index is 587. The second kappa shape index (κ2) is 8.73. The quantitative estimate of drug-likeness (QED) is 0.680. The molecule has 2 aromatic carbocycles. The molecule has 0 heterocycles. The molecular formula is C19H26NOPS. The van der Waals surface area contributed by atoms with Crippen molar-refractivity contribution in [3.63, 3.8) is 0 Å². The average Bonchev–Trinajstić information content (AvgIpc) is 2.56. The van der Waals surface area contributed by atoms with Crippen molar-refractivity contribution in [1.29, 1.82) is 0 Å². The fourth-order valence-electron chi connectivity index (χ4n) is 2.55. The van der Waals surface area contributed by atoms with Gasteiger partial charge in [0.15, 0.2) is 0 Å². The number of nitrogens with zero attached hydrogens (tertiary/aromatic N) is 1. The summed E-state index contributed by atoms with van der Waals surface area (Å²) in [4.78, 5) is 2.19. The Balaban J connectivity index is 2.20. The fourth-order valence-corrected chi connectivity index (χ4v) is 7.22. The number of rotatable bonds is 8. The van der Waals surface area contributed by atoms with Crippen LogP contribution in [0.15, 0.2) is 60.7 Å². The summed E-state index contributed by atoms with van der Waals surface area (Å²) in [5, 5.41) is 2.29. The van der Waals surface area contributed by atoms with Crippen LogP contribution in [0.5, 0.6) is 0 Å². The lowest BCUT2D eigenvalue weighted by Gasteiger charge is -2.23. The van der Waals surface area contributed by atoms with Crippen LogP contribution in [-0.2, 0) is 4.57 Å². The van der Waals surface area contributed by atoms with Gasteiger partial charge in [-0.2, -0.15) is 11.8 Å². The molecule has 1 unspecified atom stereocenters. The summed E-state index contributed by atoms with van der Waals surface area (Å²) in [6.45, 7) is 3.24. The highest BCUT2D eigenvalue weighted by molar-refractivity contribution is 8.00. The summed E-state index contributed by atoms with van der Waals surface area (Å²) in [6.07, 6.45) is 0.707. The zero-order chi connectivity index (χ0) is 16.7. The predicted octanol–water partition coefficient (Wildman–Crippen LogP) is 3.68. The first-order valence-electron chi connectivity index (χ1n) is 7.99. The summed E-state index contributed by atoms with van der Waals surface area (Å²) in [6, 6.07) is 19.9. The Morgan fingerprint density at radius 1 is 0.957 bits per heavy atom. The van der Waals surface area contributed by atoms with Crippen LogP contribution in [0.4, 0.5) is 0 Å². The van der Waals surface area contributed by atoms with E-state index in [4.69, 9.17) is 0 Å². The molecule has 0 bridgehead atoms. The molecule has 23 heavy (non-hydrogen) atoms. The molecule has 4 heteroatoms. The van der Waals surface area contributed by atoms with Gasteiger partial charge < -0.3 is 9.46 Å². The first kappa shape index (κ1) is 18.3. The Morgan fingerprint density at radius 3 is 1.87 bits per heavy atom. The molecule has 124 valence electrons. The number of benzene rings is 2. The fraction of sp³-hybridized carbons (Fsp3) is 0.368. The van der Waals surface area contributed by atoms with Gasteiger partial charge in [-0.15, -0.1) is 0 Å². The highest BCUT2D eigenvalue weighted by Crippen LogP contribution is 2.45. The summed E-state index contributed by atoms with van der Waals surface area (Å²) in [7, 11) is 1.60. The normalized spacial score (nSPS) is 13.2. The van der Waals surface area contributed by atoms with Crippen LogP contribution in [0, 0.1) is 0 Å². The second-order valence-corrected chi connectivity index (χ2v) is 10.5. The van der Waals surface area contributed by atoms with E-state index < -0.39 is 7.14 Å². The van der Waals surface area contributed by atoms with Gasteiger partial charge in [-0.3, -0.25) is 0 Å². The molecule has 0 spiro atoms. The lowest BCUT2D eigenvalue weighted by Crippen LogP contribution is -2.23. The Kier molecular flexibility index (Phi) is 6.95. The van der Waals surface area contributed by atoms with Crippen LogP contribution >= 0.6 is 18.9 Å². The van der Waals surface area contributed by atoms with Gasteiger partial charge in [0.25, 0.3) is 0 Å². The monoisotopic (exact) mass is 347 g/mol. The van der Waals surface area contributed by atoms with E-state index >= 15 is 0 Å². The molecule has 0 aliphatic heterocycles. The van der Waals surface area contributed by atoms with E-state index in [0.717, 1.165) is 22.9 Å². The van der Waals surface area contributed by atoms with Crippen LogP contribution in [0.25, 0.3) is 0 Å². The van der Waals surface area contributed by atoms with Crippen LogP contribution < -0.4 is 10.6 Å². The summed E-state index contributed by atoms with van der Waals surface area (Å²) in [5.74, 6) is 1.07. The lowest BCUT2D eigenvalue weighted by atomic mass is 10.4. The molecular weight excluding hydrogens is 321 g/mol. The maximum Gasteiger partial charge on any atom is 0.144 e. The largest absolute Gasteiger partial charge is 0.314 e. The molecule has 0 saturated carbocycles. The predicted molar refractivity (Wildman–Crippen MR) is 105 cm³/mol. The van der Waals surface area contributed by atoms with Crippen molar-refractivity contribution in [3.05, 3.63) is 60.7 Å². The van der Waals surface area contributed by atoms with Gasteiger partial charge in [0.05, 0.1) is 0 Å². The van der Waals surface area contributed by atoms with Gasteiger partial charge in [0.1, 0.15) is 7.14 Å². The minimum atomic E-state index is -2.58. The molecule has 0 aliphatic carbocycles. The minimum absolute atomic E-state index is 0.362. The molecule has 2 aromatic rings. The van der Waals surface area contributed by atoms with Crippen molar-refractivity contribution >= 4 is 29.5 Å². The molecule has 0 amide bonds. The molecule has 2 rings (SSSR count). The number of hydrogen-bond donors (Lipinski definition) is 0. The third kappa shape index (κ3) is 5.24. The summed E-state index contributed by atoms with van der Waals surface area (Å²) < 4.78 is 13.9. The zero-order valence-corrected chi connectivity index (χ0v) is 15.9. The van der Waals surface area contributed by atoms with E-state index in [-0.39, 0.29) is 0 Å². The van der Waals surface area contributed by atoms with Crippen LogP contribution in [0.2, 0.25) is 0 Å². The van der Waals surface area contributed by atoms with Crippen molar-refractivity contribution in [2.24, 2.45) is 0 Å². The second-order valence-electron chi connectivity index (χ2n) is 6.08. The van der Waals surface area contributed by atoms with Crippen LogP contribution in [0.3, 0.4) is 0 Å². The molecule has 0 radical (unpaired) electrons. The third-order valence-electron chi connectivity index (χ3n) is 3.80. The maximum atomic E-state index is 13.9. The zero-order valence-electron chi connectivity index (χ0n) is 14.2. The number of thioether (sulfide) groups is 1. The topological polar surface area (TPSA) is 20.3 Å². The summed E-state index contributed by atoms with van der Waals surface area (Å²) >= 11 is 1.91. The van der Waals surface area contributed by atoms with E-state index in [1.54, 1.807) is 0 Å². The molecule has 0 N–H and O–H groups in total. The molecule has 0 aliphatic rings. The van der Waals surface area contributed by atoms with Crippen LogP contribution in [0.1, 0.15) is 6.92 Å².